The molecule has 0 saturated carbocycles. The van der Waals surface area contributed by atoms with E-state index in [2.05, 4.69) is 49.5 Å². The number of amides is 1. The molecule has 0 aromatic heterocycles. The first kappa shape index (κ1) is 23.4. The predicted molar refractivity (Wildman–Crippen MR) is 125 cm³/mol. The summed E-state index contributed by atoms with van der Waals surface area (Å²) in [5.74, 6) is -0.854. The molecule has 3 rings (SSSR count). The molecule has 166 valence electrons. The van der Waals surface area contributed by atoms with Crippen molar-refractivity contribution in [3.8, 4) is 16.9 Å². The number of hydrogen-bond acceptors (Lipinski definition) is 5. The van der Waals surface area contributed by atoms with Crippen molar-refractivity contribution in [1.82, 2.24) is 5.32 Å². The van der Waals surface area contributed by atoms with E-state index in [1.807, 2.05) is 36.4 Å². The van der Waals surface area contributed by atoms with Gasteiger partial charge in [0.2, 0.25) is 5.91 Å². The van der Waals surface area contributed by atoms with Crippen molar-refractivity contribution >= 4 is 23.9 Å². The fraction of sp³-hybridized carbons (Fsp3) is 0.200. The van der Waals surface area contributed by atoms with Crippen LogP contribution < -0.4 is 10.1 Å². The average Bonchev–Trinajstić information content (AvgIpc) is 2.77. The lowest BCUT2D eigenvalue weighted by molar-refractivity contribution is -0.138. The Balaban J connectivity index is 1.51. The highest BCUT2D eigenvalue weighted by Crippen LogP contribution is 2.28. The van der Waals surface area contributed by atoms with Crippen LogP contribution in [0.4, 0.5) is 0 Å². The molecule has 7 heteroatoms. The molecule has 0 atom stereocenters. The second-order valence-corrected chi connectivity index (χ2v) is 8.12. The standard InChI is InChI=1S/C25H25NO5S/c1-17-5-3-6-18(2)25(17)20-8-4-7-19(13-20)15-30-21-9-11-22(12-10-21)32-31-16-23(27)26-14-24(28)29/h3-13H,14-16H2,1-2H3,(H,26,27)(H,28,29). The minimum absolute atomic E-state index is 0.229. The van der Waals surface area contributed by atoms with E-state index in [-0.39, 0.29) is 6.61 Å². The molecule has 1 amide bonds. The van der Waals surface area contributed by atoms with Crippen LogP contribution in [0.3, 0.4) is 0 Å². The van der Waals surface area contributed by atoms with Crippen molar-refractivity contribution < 1.29 is 23.6 Å². The van der Waals surface area contributed by atoms with Crippen molar-refractivity contribution in [1.29, 1.82) is 0 Å². The molecule has 0 radical (unpaired) electrons. The SMILES string of the molecule is Cc1cccc(C)c1-c1cccc(COc2ccc(SOCC(=O)NCC(=O)O)cc2)c1. The van der Waals surface area contributed by atoms with Gasteiger partial charge in [-0.05, 0) is 72.0 Å². The first-order chi connectivity index (χ1) is 15.4. The Labute approximate surface area is 191 Å². The minimum atomic E-state index is -1.10. The van der Waals surface area contributed by atoms with E-state index in [1.165, 1.54) is 22.3 Å². The average molecular weight is 452 g/mol. The van der Waals surface area contributed by atoms with Crippen LogP contribution in [0, 0.1) is 13.8 Å². The summed E-state index contributed by atoms with van der Waals surface area (Å²) in [4.78, 5) is 22.6. The summed E-state index contributed by atoms with van der Waals surface area (Å²) >= 11 is 1.04. The molecule has 0 spiro atoms. The largest absolute Gasteiger partial charge is 0.489 e. The zero-order valence-corrected chi connectivity index (χ0v) is 18.8. The number of carboxylic acid groups (broad SMARTS) is 1. The van der Waals surface area contributed by atoms with Crippen molar-refractivity contribution in [3.63, 3.8) is 0 Å². The highest BCUT2D eigenvalue weighted by atomic mass is 32.2. The van der Waals surface area contributed by atoms with Gasteiger partial charge in [-0.15, -0.1) is 0 Å². The van der Waals surface area contributed by atoms with E-state index < -0.39 is 18.4 Å². The summed E-state index contributed by atoms with van der Waals surface area (Å²) in [6.07, 6.45) is 0. The van der Waals surface area contributed by atoms with E-state index in [4.69, 9.17) is 14.0 Å². The van der Waals surface area contributed by atoms with E-state index in [0.717, 1.165) is 28.3 Å². The third kappa shape index (κ3) is 6.87. The zero-order valence-electron chi connectivity index (χ0n) is 18.0. The van der Waals surface area contributed by atoms with E-state index in [0.29, 0.717) is 6.61 Å². The lowest BCUT2D eigenvalue weighted by Gasteiger charge is -2.12. The Kier molecular flexibility index (Phi) is 8.30. The van der Waals surface area contributed by atoms with Gasteiger partial charge in [0, 0.05) is 16.9 Å². The summed E-state index contributed by atoms with van der Waals surface area (Å²) in [5, 5.41) is 10.8. The van der Waals surface area contributed by atoms with E-state index in [9.17, 15) is 9.59 Å². The smallest absolute Gasteiger partial charge is 0.322 e. The lowest BCUT2D eigenvalue weighted by Crippen LogP contribution is -2.31. The predicted octanol–water partition coefficient (Wildman–Crippen LogP) is 4.77. The zero-order chi connectivity index (χ0) is 22.9. The van der Waals surface area contributed by atoms with Crippen LogP contribution in [0.5, 0.6) is 5.75 Å². The van der Waals surface area contributed by atoms with Crippen LogP contribution in [-0.2, 0) is 20.4 Å². The van der Waals surface area contributed by atoms with Gasteiger partial charge >= 0.3 is 5.97 Å². The molecule has 3 aromatic rings. The Morgan fingerprint density at radius 3 is 2.34 bits per heavy atom. The van der Waals surface area contributed by atoms with Gasteiger partial charge in [0.25, 0.3) is 0 Å². The Morgan fingerprint density at radius 2 is 1.66 bits per heavy atom. The number of hydrogen-bond donors (Lipinski definition) is 2. The molecule has 0 aliphatic rings. The van der Waals surface area contributed by atoms with Gasteiger partial charge in [-0.3, -0.25) is 9.59 Å². The van der Waals surface area contributed by atoms with Crippen LogP contribution in [0.1, 0.15) is 16.7 Å². The Morgan fingerprint density at radius 1 is 0.969 bits per heavy atom. The molecule has 0 heterocycles. The van der Waals surface area contributed by atoms with Crippen LogP contribution in [-0.4, -0.2) is 30.1 Å². The summed E-state index contributed by atoms with van der Waals surface area (Å²) in [7, 11) is 0. The van der Waals surface area contributed by atoms with Gasteiger partial charge in [-0.25, -0.2) is 0 Å². The molecule has 3 aromatic carbocycles. The maximum atomic E-state index is 11.4. The molecule has 0 fully saturated rings. The van der Waals surface area contributed by atoms with Crippen LogP contribution >= 0.6 is 12.0 Å². The number of benzene rings is 3. The molecule has 6 nitrogen and oxygen atoms in total. The molecule has 2 N–H and O–H groups in total. The minimum Gasteiger partial charge on any atom is -0.489 e. The lowest BCUT2D eigenvalue weighted by atomic mass is 9.95. The second kappa shape index (κ2) is 11.4. The molecule has 0 bridgehead atoms. The van der Waals surface area contributed by atoms with Gasteiger partial charge in [0.05, 0.1) is 0 Å². The number of carboxylic acids is 1. The number of carbonyl (C=O) groups excluding carboxylic acids is 1. The summed E-state index contributed by atoms with van der Waals surface area (Å²) in [6, 6.07) is 22.0. The van der Waals surface area contributed by atoms with Crippen LogP contribution in [0.25, 0.3) is 11.1 Å². The monoisotopic (exact) mass is 451 g/mol. The number of rotatable bonds is 10. The topological polar surface area (TPSA) is 84.9 Å². The Bertz CT molecular complexity index is 1060. The van der Waals surface area contributed by atoms with Crippen molar-refractivity contribution in [2.75, 3.05) is 13.2 Å². The van der Waals surface area contributed by atoms with Crippen LogP contribution in [0.15, 0.2) is 71.6 Å². The third-order valence-corrected chi connectivity index (χ3v) is 5.41. The molecular formula is C25H25NO5S. The number of nitrogens with one attached hydrogen (secondary N) is 1. The summed E-state index contributed by atoms with van der Waals surface area (Å²) in [5.41, 5.74) is 6.01. The fourth-order valence-electron chi connectivity index (χ4n) is 3.22. The van der Waals surface area contributed by atoms with Gasteiger partial charge in [0.15, 0.2) is 0 Å². The Hall–Kier alpha value is -3.29. The number of aryl methyl sites for hydroxylation is 2. The molecule has 32 heavy (non-hydrogen) atoms. The summed E-state index contributed by atoms with van der Waals surface area (Å²) in [6.45, 7) is 4.04. The third-order valence-electron chi connectivity index (χ3n) is 4.71. The van der Waals surface area contributed by atoms with Gasteiger partial charge in [-0.2, -0.15) is 0 Å². The van der Waals surface area contributed by atoms with Crippen molar-refractivity contribution in [2.24, 2.45) is 0 Å². The highest BCUT2D eigenvalue weighted by Gasteiger charge is 2.07. The maximum Gasteiger partial charge on any atom is 0.322 e. The highest BCUT2D eigenvalue weighted by molar-refractivity contribution is 7.94. The van der Waals surface area contributed by atoms with Crippen molar-refractivity contribution in [3.05, 3.63) is 83.4 Å². The van der Waals surface area contributed by atoms with E-state index in [1.54, 1.807) is 0 Å². The molecular weight excluding hydrogens is 426 g/mol. The quantitative estimate of drug-likeness (QED) is 0.432. The van der Waals surface area contributed by atoms with Gasteiger partial charge in [-0.1, -0.05) is 36.4 Å². The second-order valence-electron chi connectivity index (χ2n) is 7.24. The normalized spacial score (nSPS) is 10.6. The maximum absolute atomic E-state index is 11.4. The fourth-order valence-corrected chi connectivity index (χ4v) is 3.77. The molecule has 0 unspecified atom stereocenters. The summed E-state index contributed by atoms with van der Waals surface area (Å²) < 4.78 is 11.2. The number of aliphatic carboxylic acids is 1. The van der Waals surface area contributed by atoms with Crippen molar-refractivity contribution in [2.45, 2.75) is 25.3 Å². The molecule has 0 aliphatic heterocycles. The van der Waals surface area contributed by atoms with Gasteiger partial charge in [0.1, 0.15) is 25.5 Å². The molecule has 0 saturated heterocycles. The first-order valence-electron chi connectivity index (χ1n) is 10.1. The number of carbonyl (C=O) groups is 2. The van der Waals surface area contributed by atoms with Gasteiger partial charge < -0.3 is 19.3 Å². The number of ether oxygens (including phenoxy) is 1. The van der Waals surface area contributed by atoms with Crippen LogP contribution in [0.2, 0.25) is 0 Å². The van der Waals surface area contributed by atoms with E-state index >= 15 is 0 Å². The molecule has 0 aliphatic carbocycles. The first-order valence-corrected chi connectivity index (χ1v) is 10.8.